The number of anilines is 2. The number of aromatic nitrogens is 2. The summed E-state index contributed by atoms with van der Waals surface area (Å²) < 4.78 is 1.84. The molecule has 2 aromatic carbocycles. The zero-order valence-corrected chi connectivity index (χ0v) is 23.7. The van der Waals surface area contributed by atoms with Crippen LogP contribution in [0.4, 0.5) is 11.4 Å². The maximum absolute atomic E-state index is 13.4. The Morgan fingerprint density at radius 3 is 2.46 bits per heavy atom. The van der Waals surface area contributed by atoms with E-state index < -0.39 is 0 Å². The van der Waals surface area contributed by atoms with E-state index in [1.807, 2.05) is 75.2 Å². The van der Waals surface area contributed by atoms with Gasteiger partial charge in [0.25, 0.3) is 5.91 Å². The largest absolute Gasteiger partial charge is 0.322 e. The molecule has 3 rings (SSSR count). The van der Waals surface area contributed by atoms with Gasteiger partial charge in [-0.15, -0.1) is 0 Å². The van der Waals surface area contributed by atoms with E-state index in [0.717, 1.165) is 39.2 Å². The summed E-state index contributed by atoms with van der Waals surface area (Å²) in [6, 6.07) is 12.3. The molecule has 0 atom stereocenters. The first-order valence-corrected chi connectivity index (χ1v) is 12.8. The minimum atomic E-state index is -0.145. The summed E-state index contributed by atoms with van der Waals surface area (Å²) in [5.41, 5.74) is 8.41. The van der Waals surface area contributed by atoms with E-state index in [0.29, 0.717) is 23.8 Å². The van der Waals surface area contributed by atoms with Crippen molar-refractivity contribution in [2.75, 3.05) is 10.3 Å². The van der Waals surface area contributed by atoms with Crippen LogP contribution in [0.15, 0.2) is 48.8 Å². The maximum Gasteiger partial charge on any atom is 0.255 e. The number of nitrogens with zero attached hydrogens (tertiary/aromatic N) is 3. The van der Waals surface area contributed by atoms with Crippen LogP contribution in [-0.2, 0) is 19.0 Å². The van der Waals surface area contributed by atoms with Crippen molar-refractivity contribution in [2.45, 2.75) is 73.4 Å². The normalized spacial score (nSPS) is 12.2. The van der Waals surface area contributed by atoms with Crippen LogP contribution in [0.25, 0.3) is 5.57 Å². The molecule has 1 aromatic heterocycles. The van der Waals surface area contributed by atoms with Crippen LogP contribution < -0.4 is 21.5 Å². The molecule has 4 N–H and O–H groups in total. The van der Waals surface area contributed by atoms with E-state index in [4.69, 9.17) is 5.84 Å². The van der Waals surface area contributed by atoms with Crippen molar-refractivity contribution in [3.63, 3.8) is 0 Å². The zero-order chi connectivity index (χ0) is 27.5. The summed E-state index contributed by atoms with van der Waals surface area (Å²) in [6.45, 7) is 17.5. The number of carbonyl (C=O) groups is 1. The van der Waals surface area contributed by atoms with Crippen LogP contribution in [0.2, 0.25) is 0 Å². The number of amides is 1. The van der Waals surface area contributed by atoms with Crippen LogP contribution in [0.5, 0.6) is 0 Å². The highest BCUT2D eigenvalue weighted by Crippen LogP contribution is 2.28. The summed E-state index contributed by atoms with van der Waals surface area (Å²) in [6.07, 6.45) is 3.73. The highest BCUT2D eigenvalue weighted by atomic mass is 16.1. The number of aryl methyl sites for hydroxylation is 2. The summed E-state index contributed by atoms with van der Waals surface area (Å²) in [5, 5.41) is 12.4. The monoisotopic (exact) mass is 502 g/mol. The van der Waals surface area contributed by atoms with E-state index in [-0.39, 0.29) is 11.3 Å². The third-order valence-electron chi connectivity index (χ3n) is 6.57. The number of hydrogen-bond donors (Lipinski definition) is 3. The Hall–Kier alpha value is -3.42. The molecular formula is C30H42N6O. The van der Waals surface area contributed by atoms with Gasteiger partial charge >= 0.3 is 0 Å². The molecular weight excluding hydrogens is 460 g/mol. The van der Waals surface area contributed by atoms with Gasteiger partial charge in [-0.05, 0) is 72.7 Å². The molecule has 1 heterocycles. The minimum absolute atomic E-state index is 0.0726. The molecule has 0 saturated heterocycles. The van der Waals surface area contributed by atoms with Crippen LogP contribution in [0, 0.1) is 13.8 Å². The van der Waals surface area contributed by atoms with Gasteiger partial charge in [-0.3, -0.25) is 14.5 Å². The molecule has 0 aliphatic heterocycles. The third kappa shape index (κ3) is 7.08. The first kappa shape index (κ1) is 28.2. The van der Waals surface area contributed by atoms with Gasteiger partial charge < -0.3 is 10.6 Å². The van der Waals surface area contributed by atoms with Crippen molar-refractivity contribution in [3.05, 3.63) is 82.3 Å². The molecule has 0 fully saturated rings. The Balaban J connectivity index is 1.87. The Morgan fingerprint density at radius 1 is 1.16 bits per heavy atom. The van der Waals surface area contributed by atoms with Crippen molar-refractivity contribution in [3.8, 4) is 0 Å². The van der Waals surface area contributed by atoms with Crippen molar-refractivity contribution in [2.24, 2.45) is 12.9 Å². The van der Waals surface area contributed by atoms with Crippen molar-refractivity contribution in [1.82, 2.24) is 15.1 Å². The first-order valence-electron chi connectivity index (χ1n) is 12.8. The second-order valence-electron chi connectivity index (χ2n) is 11.1. The van der Waals surface area contributed by atoms with Crippen molar-refractivity contribution in [1.29, 1.82) is 0 Å². The Morgan fingerprint density at radius 2 is 1.86 bits per heavy atom. The molecule has 0 aliphatic carbocycles. The summed E-state index contributed by atoms with van der Waals surface area (Å²) >= 11 is 0. The molecule has 0 aliphatic rings. The Kier molecular flexibility index (Phi) is 8.61. The SMILES string of the molecule is C/C(=C\N(N)c1cc(NC(=O)c2cc(CNC(C)C)cc(C(C)(C)C)c2)ccc1C)c1cnn(C)c1C. The minimum Gasteiger partial charge on any atom is -0.322 e. The average molecular weight is 503 g/mol. The molecule has 1 amide bonds. The Labute approximate surface area is 221 Å². The van der Waals surface area contributed by atoms with Crippen LogP contribution in [0.3, 0.4) is 0 Å². The van der Waals surface area contributed by atoms with Crippen molar-refractivity contribution >= 4 is 22.9 Å². The number of nitrogens with one attached hydrogen (secondary N) is 2. The number of carbonyl (C=O) groups excluding carboxylic acids is 1. The predicted octanol–water partition coefficient (Wildman–Crippen LogP) is 5.83. The summed E-state index contributed by atoms with van der Waals surface area (Å²) in [4.78, 5) is 13.4. The fraction of sp³-hybridized carbons (Fsp3) is 0.400. The molecule has 7 nitrogen and oxygen atoms in total. The van der Waals surface area contributed by atoms with Crippen LogP contribution in [-0.4, -0.2) is 21.7 Å². The Bertz CT molecular complexity index is 1300. The molecule has 0 unspecified atom stereocenters. The lowest BCUT2D eigenvalue weighted by atomic mass is 9.85. The molecule has 7 heteroatoms. The molecule has 3 aromatic rings. The topological polar surface area (TPSA) is 88.2 Å². The summed E-state index contributed by atoms with van der Waals surface area (Å²) in [5.74, 6) is 6.31. The number of hydrogen-bond acceptors (Lipinski definition) is 5. The second kappa shape index (κ2) is 11.3. The predicted molar refractivity (Wildman–Crippen MR) is 155 cm³/mol. The van der Waals surface area contributed by atoms with E-state index in [9.17, 15) is 4.79 Å². The van der Waals surface area contributed by atoms with E-state index >= 15 is 0 Å². The highest BCUT2D eigenvalue weighted by molar-refractivity contribution is 6.04. The van der Waals surface area contributed by atoms with E-state index in [1.54, 1.807) is 5.01 Å². The standard InChI is InChI=1S/C30H42N6O/c1-19(2)32-16-23-12-24(14-25(13-23)30(6,7)8)29(37)34-26-11-10-20(3)28(15-26)36(31)18-21(4)27-17-33-35(9)22(27)5/h10-15,17-19,32H,16,31H2,1-9H3,(H,34,37)/b21-18+. The second-order valence-corrected chi connectivity index (χ2v) is 11.1. The van der Waals surface area contributed by atoms with Crippen molar-refractivity contribution < 1.29 is 4.79 Å². The van der Waals surface area contributed by atoms with Gasteiger partial charge in [-0.1, -0.05) is 46.8 Å². The highest BCUT2D eigenvalue weighted by Gasteiger charge is 2.18. The molecule has 0 radical (unpaired) electrons. The molecule has 0 saturated carbocycles. The van der Waals surface area contributed by atoms with Gasteiger partial charge in [-0.2, -0.15) is 5.10 Å². The van der Waals surface area contributed by atoms with Gasteiger partial charge in [0.15, 0.2) is 0 Å². The number of benzene rings is 2. The summed E-state index contributed by atoms with van der Waals surface area (Å²) in [7, 11) is 1.92. The zero-order valence-electron chi connectivity index (χ0n) is 23.7. The van der Waals surface area contributed by atoms with Crippen LogP contribution >= 0.6 is 0 Å². The lowest BCUT2D eigenvalue weighted by molar-refractivity contribution is 0.102. The van der Waals surface area contributed by atoms with E-state index in [1.165, 1.54) is 0 Å². The fourth-order valence-corrected chi connectivity index (χ4v) is 4.08. The number of allylic oxidation sites excluding steroid dienone is 1. The first-order chi connectivity index (χ1) is 17.3. The van der Waals surface area contributed by atoms with Gasteiger partial charge in [-0.25, -0.2) is 5.84 Å². The number of nitrogens with two attached hydrogens (primary N) is 1. The quantitative estimate of drug-likeness (QED) is 0.267. The van der Waals surface area contributed by atoms with Gasteiger partial charge in [0.1, 0.15) is 0 Å². The van der Waals surface area contributed by atoms with Gasteiger partial charge in [0, 0.05) is 48.3 Å². The smallest absolute Gasteiger partial charge is 0.255 e. The molecule has 0 bridgehead atoms. The van der Waals surface area contributed by atoms with Crippen LogP contribution in [0.1, 0.15) is 79.8 Å². The molecule has 37 heavy (non-hydrogen) atoms. The maximum atomic E-state index is 13.4. The lowest BCUT2D eigenvalue weighted by Crippen LogP contribution is -2.26. The third-order valence-corrected chi connectivity index (χ3v) is 6.57. The average Bonchev–Trinajstić information content (AvgIpc) is 3.16. The fourth-order valence-electron chi connectivity index (χ4n) is 4.08. The molecule has 0 spiro atoms. The molecule has 198 valence electrons. The number of hydrazine groups is 1. The van der Waals surface area contributed by atoms with Gasteiger partial charge in [0.2, 0.25) is 0 Å². The number of rotatable bonds is 8. The van der Waals surface area contributed by atoms with Gasteiger partial charge in [0.05, 0.1) is 11.9 Å². The van der Waals surface area contributed by atoms with E-state index in [2.05, 4.69) is 56.4 Å². The lowest BCUT2D eigenvalue weighted by Gasteiger charge is -2.22.